The van der Waals surface area contributed by atoms with Gasteiger partial charge in [0.15, 0.2) is 0 Å². The third-order valence-electron chi connectivity index (χ3n) is 5.03. The first-order chi connectivity index (χ1) is 11.0. The molecule has 126 valence electrons. The highest BCUT2D eigenvalue weighted by Gasteiger charge is 2.26. The molecule has 1 N–H and O–H groups in total. The molecule has 6 heteroatoms. The fourth-order valence-corrected chi connectivity index (χ4v) is 3.83. The first-order valence-electron chi connectivity index (χ1n) is 8.43. The predicted molar refractivity (Wildman–Crippen MR) is 89.8 cm³/mol. The number of nitrogens with zero attached hydrogens (tertiary/aromatic N) is 3. The smallest absolute Gasteiger partial charge is 0.272 e. The summed E-state index contributed by atoms with van der Waals surface area (Å²) in [7, 11) is 0. The molecule has 2 aliphatic rings. The summed E-state index contributed by atoms with van der Waals surface area (Å²) in [5, 5.41) is 20.6. The zero-order chi connectivity index (χ0) is 16.4. The maximum Gasteiger partial charge on any atom is 0.272 e. The second-order valence-electron chi connectivity index (χ2n) is 6.88. The largest absolute Gasteiger partial charge is 0.392 e. The molecule has 3 rings (SSSR count). The number of likely N-dealkylation sites (tertiary alicyclic amines) is 1. The Morgan fingerprint density at radius 2 is 2.13 bits per heavy atom. The molecule has 2 atom stereocenters. The molecule has 0 unspecified atom stereocenters. The first-order valence-corrected chi connectivity index (χ1v) is 8.43. The van der Waals surface area contributed by atoms with Crippen LogP contribution in [-0.4, -0.2) is 53.8 Å². The predicted octanol–water partition coefficient (Wildman–Crippen LogP) is 2.19. The molecular weight excluding hydrogens is 294 g/mol. The number of rotatable bonds is 4. The summed E-state index contributed by atoms with van der Waals surface area (Å²) in [5.74, 6) is 0.601. The zero-order valence-corrected chi connectivity index (χ0v) is 13.6. The number of aliphatic hydroxyl groups is 1. The van der Waals surface area contributed by atoms with Crippen LogP contribution in [0.2, 0.25) is 0 Å². The van der Waals surface area contributed by atoms with E-state index in [4.69, 9.17) is 0 Å². The van der Waals surface area contributed by atoms with E-state index in [1.54, 1.807) is 13.0 Å². The van der Waals surface area contributed by atoms with Crippen LogP contribution in [0.3, 0.4) is 0 Å². The molecule has 2 heterocycles. The number of benzene rings is 1. The van der Waals surface area contributed by atoms with Crippen molar-refractivity contribution in [1.29, 1.82) is 0 Å². The summed E-state index contributed by atoms with van der Waals surface area (Å²) >= 11 is 0. The average molecular weight is 319 g/mol. The third-order valence-corrected chi connectivity index (χ3v) is 5.03. The molecule has 23 heavy (non-hydrogen) atoms. The van der Waals surface area contributed by atoms with Crippen molar-refractivity contribution in [1.82, 2.24) is 4.90 Å². The van der Waals surface area contributed by atoms with E-state index < -0.39 is 0 Å². The Hall–Kier alpha value is -1.66. The van der Waals surface area contributed by atoms with Crippen LogP contribution >= 0.6 is 0 Å². The number of β-amino-alcohol motifs (C(OH)–C–C–N with tert-alkyl or cyclic N) is 1. The lowest BCUT2D eigenvalue weighted by atomic mass is 9.96. The molecule has 0 saturated carbocycles. The summed E-state index contributed by atoms with van der Waals surface area (Å²) in [4.78, 5) is 15.3. The van der Waals surface area contributed by atoms with Crippen LogP contribution in [0.25, 0.3) is 0 Å². The van der Waals surface area contributed by atoms with E-state index in [1.165, 1.54) is 6.42 Å². The van der Waals surface area contributed by atoms with Crippen molar-refractivity contribution in [2.75, 3.05) is 37.6 Å². The molecule has 0 spiro atoms. The number of nitro groups is 1. The van der Waals surface area contributed by atoms with Crippen LogP contribution in [0.4, 0.5) is 11.4 Å². The molecule has 1 aromatic carbocycles. The fraction of sp³-hybridized carbons (Fsp3) is 0.647. The highest BCUT2D eigenvalue weighted by molar-refractivity contribution is 5.55. The van der Waals surface area contributed by atoms with Gasteiger partial charge in [0.25, 0.3) is 5.69 Å². The van der Waals surface area contributed by atoms with Crippen LogP contribution < -0.4 is 4.90 Å². The van der Waals surface area contributed by atoms with Crippen molar-refractivity contribution in [2.45, 2.75) is 32.3 Å². The number of aryl methyl sites for hydroxylation is 1. The van der Waals surface area contributed by atoms with E-state index in [2.05, 4.69) is 9.80 Å². The standard InChI is InChI=1S/C17H25N3O3/c1-13-9-15(4-5-17(13)20(22)23)19-7-2-3-14(11-19)10-18-8-6-16(21)12-18/h4-5,9,14,16,21H,2-3,6-8,10-12H2,1H3/t14-,16+/m1/s1. The Balaban J connectivity index is 1.64. The number of piperidine rings is 1. The number of aliphatic hydroxyl groups excluding tert-OH is 1. The van der Waals surface area contributed by atoms with Crippen LogP contribution in [0.1, 0.15) is 24.8 Å². The van der Waals surface area contributed by atoms with E-state index in [9.17, 15) is 15.2 Å². The van der Waals surface area contributed by atoms with Gasteiger partial charge in [0.1, 0.15) is 0 Å². The van der Waals surface area contributed by atoms with Crippen molar-refractivity contribution in [3.8, 4) is 0 Å². The highest BCUT2D eigenvalue weighted by atomic mass is 16.6. The summed E-state index contributed by atoms with van der Waals surface area (Å²) in [6, 6.07) is 5.42. The second-order valence-corrected chi connectivity index (χ2v) is 6.88. The van der Waals surface area contributed by atoms with Gasteiger partial charge in [0, 0.05) is 50.0 Å². The normalized spacial score (nSPS) is 25.7. The molecule has 6 nitrogen and oxygen atoms in total. The number of nitro benzene ring substituents is 1. The van der Waals surface area contributed by atoms with Gasteiger partial charge in [-0.2, -0.15) is 0 Å². The minimum Gasteiger partial charge on any atom is -0.392 e. The van der Waals surface area contributed by atoms with E-state index in [0.717, 1.165) is 56.8 Å². The van der Waals surface area contributed by atoms with Crippen molar-refractivity contribution >= 4 is 11.4 Å². The molecular formula is C17H25N3O3. The van der Waals surface area contributed by atoms with Gasteiger partial charge in [0.2, 0.25) is 0 Å². The summed E-state index contributed by atoms with van der Waals surface area (Å²) < 4.78 is 0. The third kappa shape index (κ3) is 3.82. The van der Waals surface area contributed by atoms with E-state index in [-0.39, 0.29) is 16.7 Å². The van der Waals surface area contributed by atoms with Crippen LogP contribution in [-0.2, 0) is 0 Å². The van der Waals surface area contributed by atoms with Crippen molar-refractivity contribution < 1.29 is 10.0 Å². The Morgan fingerprint density at radius 3 is 2.78 bits per heavy atom. The zero-order valence-electron chi connectivity index (χ0n) is 13.6. The lowest BCUT2D eigenvalue weighted by Crippen LogP contribution is -2.40. The lowest BCUT2D eigenvalue weighted by Gasteiger charge is -2.36. The SMILES string of the molecule is Cc1cc(N2CCC[C@H](CN3CC[C@H](O)C3)C2)ccc1[N+](=O)[O-]. The molecule has 0 aliphatic carbocycles. The van der Waals surface area contributed by atoms with Gasteiger partial charge < -0.3 is 14.9 Å². The van der Waals surface area contributed by atoms with Gasteiger partial charge >= 0.3 is 0 Å². The van der Waals surface area contributed by atoms with Gasteiger partial charge in [-0.05, 0) is 44.2 Å². The van der Waals surface area contributed by atoms with Gasteiger partial charge in [-0.15, -0.1) is 0 Å². The van der Waals surface area contributed by atoms with Crippen molar-refractivity contribution in [3.63, 3.8) is 0 Å². The van der Waals surface area contributed by atoms with Crippen molar-refractivity contribution in [3.05, 3.63) is 33.9 Å². The second kappa shape index (κ2) is 6.84. The number of anilines is 1. The van der Waals surface area contributed by atoms with Crippen LogP contribution in [0, 0.1) is 23.0 Å². The Kier molecular flexibility index (Phi) is 4.82. The molecule has 0 radical (unpaired) electrons. The van der Waals surface area contributed by atoms with Gasteiger partial charge in [-0.3, -0.25) is 10.1 Å². The van der Waals surface area contributed by atoms with Gasteiger partial charge in [-0.25, -0.2) is 0 Å². The van der Waals surface area contributed by atoms with E-state index in [0.29, 0.717) is 5.92 Å². The average Bonchev–Trinajstić information content (AvgIpc) is 2.92. The molecule has 2 fully saturated rings. The molecule has 0 amide bonds. The van der Waals surface area contributed by atoms with Crippen LogP contribution in [0.5, 0.6) is 0 Å². The Bertz CT molecular complexity index is 578. The summed E-state index contributed by atoms with van der Waals surface area (Å²) in [5.41, 5.74) is 1.99. The fourth-order valence-electron chi connectivity index (χ4n) is 3.83. The maximum absolute atomic E-state index is 10.9. The first kappa shape index (κ1) is 16.2. The number of hydrogen-bond donors (Lipinski definition) is 1. The Morgan fingerprint density at radius 1 is 1.30 bits per heavy atom. The van der Waals surface area contributed by atoms with E-state index in [1.807, 2.05) is 12.1 Å². The minimum atomic E-state index is -0.323. The molecule has 1 aromatic rings. The molecule has 0 bridgehead atoms. The van der Waals surface area contributed by atoms with Gasteiger partial charge in [-0.1, -0.05) is 0 Å². The van der Waals surface area contributed by atoms with Crippen molar-refractivity contribution in [2.24, 2.45) is 5.92 Å². The summed E-state index contributed by atoms with van der Waals surface area (Å²) in [6.45, 7) is 6.63. The monoisotopic (exact) mass is 319 g/mol. The maximum atomic E-state index is 10.9. The molecule has 0 aromatic heterocycles. The highest BCUT2D eigenvalue weighted by Crippen LogP contribution is 2.28. The topological polar surface area (TPSA) is 69.8 Å². The number of hydrogen-bond acceptors (Lipinski definition) is 5. The molecule has 2 aliphatic heterocycles. The van der Waals surface area contributed by atoms with E-state index >= 15 is 0 Å². The van der Waals surface area contributed by atoms with Crippen LogP contribution in [0.15, 0.2) is 18.2 Å². The quantitative estimate of drug-likeness (QED) is 0.680. The molecule has 2 saturated heterocycles. The summed E-state index contributed by atoms with van der Waals surface area (Å²) in [6.07, 6.45) is 3.09. The lowest BCUT2D eigenvalue weighted by molar-refractivity contribution is -0.385. The minimum absolute atomic E-state index is 0.160. The van der Waals surface area contributed by atoms with Gasteiger partial charge in [0.05, 0.1) is 11.0 Å². The Labute approximate surface area is 136 Å².